The van der Waals surface area contributed by atoms with E-state index in [0.29, 0.717) is 34.2 Å². The van der Waals surface area contributed by atoms with E-state index in [1.54, 1.807) is 18.2 Å². The van der Waals surface area contributed by atoms with E-state index in [2.05, 4.69) is 84.9 Å². The highest BCUT2D eigenvalue weighted by molar-refractivity contribution is 6.12. The molecule has 0 amide bonds. The van der Waals surface area contributed by atoms with Crippen molar-refractivity contribution in [3.8, 4) is 78.7 Å². The van der Waals surface area contributed by atoms with E-state index >= 15 is 0 Å². The van der Waals surface area contributed by atoms with Crippen LogP contribution >= 0.6 is 0 Å². The number of rotatable bonds is 7. The van der Waals surface area contributed by atoms with Gasteiger partial charge in [-0.15, -0.1) is 0 Å². The van der Waals surface area contributed by atoms with Gasteiger partial charge in [-0.2, -0.15) is 0 Å². The van der Waals surface area contributed by atoms with Crippen molar-refractivity contribution in [3.63, 3.8) is 0 Å². The summed E-state index contributed by atoms with van der Waals surface area (Å²) in [5, 5.41) is 1.79. The second-order valence-corrected chi connectivity index (χ2v) is 13.3. The Kier molecular flexibility index (Phi) is 6.85. The van der Waals surface area contributed by atoms with Gasteiger partial charge < -0.3 is 4.42 Å². The topological polar surface area (TPSA) is 51.8 Å². The molecule has 0 saturated heterocycles. The maximum atomic E-state index is 8.59. The molecule has 0 aliphatic rings. The summed E-state index contributed by atoms with van der Waals surface area (Å²) in [4.78, 5) is 15.0. The normalized spacial score (nSPS) is 12.5. The first-order valence-electron chi connectivity index (χ1n) is 20.5. The third kappa shape index (κ3) is 6.26. The lowest BCUT2D eigenvalue weighted by Gasteiger charge is -2.10. The summed E-state index contributed by atoms with van der Waals surface area (Å²) < 4.78 is 48.2. The SMILES string of the molecule is [2H]c1c([2H])c([2H])c(-c2cccc(-c3nc(-c4ccccc4)nc(-c4cccc5oc6ccc(-c7ccc(-c8ccc(-c9ccccc9)cc8)cc7)cc6c45)n3)c2)c([2H])c1[2H]. The zero-order valence-corrected chi connectivity index (χ0v) is 29.4. The molecule has 4 nitrogen and oxygen atoms in total. The van der Waals surface area contributed by atoms with Crippen LogP contribution in [0.15, 0.2) is 204 Å². The van der Waals surface area contributed by atoms with Gasteiger partial charge in [-0.25, -0.2) is 15.0 Å². The van der Waals surface area contributed by atoms with E-state index < -0.39 is 18.1 Å². The van der Waals surface area contributed by atoms with Crippen LogP contribution in [0.1, 0.15) is 6.85 Å². The van der Waals surface area contributed by atoms with Crippen LogP contribution in [0.25, 0.3) is 101 Å². The molecule has 2 aromatic heterocycles. The second-order valence-electron chi connectivity index (χ2n) is 13.3. The van der Waals surface area contributed by atoms with Crippen LogP contribution in [0.5, 0.6) is 0 Å². The van der Waals surface area contributed by atoms with Gasteiger partial charge in [0.1, 0.15) is 11.2 Å². The zero-order valence-electron chi connectivity index (χ0n) is 34.4. The second kappa shape index (κ2) is 13.8. The molecule has 0 radical (unpaired) electrons. The molecule has 2 heterocycles. The highest BCUT2D eigenvalue weighted by Crippen LogP contribution is 2.39. The van der Waals surface area contributed by atoms with Crippen molar-refractivity contribution in [2.24, 2.45) is 0 Å². The number of fused-ring (bicyclic) bond motifs is 3. The molecule has 0 N–H and O–H groups in total. The lowest BCUT2D eigenvalue weighted by Crippen LogP contribution is -2.00. The lowest BCUT2D eigenvalue weighted by atomic mass is 9.97. The van der Waals surface area contributed by atoms with E-state index in [0.717, 1.165) is 49.7 Å². The summed E-state index contributed by atoms with van der Waals surface area (Å²) in [5.74, 6) is 1.27. The van der Waals surface area contributed by atoms with Crippen molar-refractivity contribution in [3.05, 3.63) is 200 Å². The Morgan fingerprint density at radius 1 is 0.345 bits per heavy atom. The van der Waals surface area contributed by atoms with Gasteiger partial charge >= 0.3 is 0 Å². The van der Waals surface area contributed by atoms with Crippen molar-refractivity contribution in [1.82, 2.24) is 15.0 Å². The summed E-state index contributed by atoms with van der Waals surface area (Å²) >= 11 is 0. The minimum absolute atomic E-state index is 0.109. The molecule has 0 bridgehead atoms. The van der Waals surface area contributed by atoms with Gasteiger partial charge in [0.05, 0.1) is 6.85 Å². The van der Waals surface area contributed by atoms with Gasteiger partial charge in [-0.1, -0.05) is 176 Å². The summed E-state index contributed by atoms with van der Waals surface area (Å²) in [6, 6.07) is 54.7. The molecule has 0 spiro atoms. The van der Waals surface area contributed by atoms with Crippen LogP contribution in [0.2, 0.25) is 0 Å². The predicted octanol–water partition coefficient (Wildman–Crippen LogP) is 13.4. The summed E-state index contributed by atoms with van der Waals surface area (Å²) in [6.45, 7) is 0. The average molecular weight is 709 g/mol. The quantitative estimate of drug-likeness (QED) is 0.165. The van der Waals surface area contributed by atoms with Crippen molar-refractivity contribution in [2.45, 2.75) is 0 Å². The van der Waals surface area contributed by atoms with E-state index in [-0.39, 0.29) is 17.6 Å². The standard InChI is InChI=1S/C51H33N3O/c1-4-12-34(13-5-1)36-22-24-37(25-23-36)38-26-28-39(29-27-38)42-30-31-46-45(33-42)48-44(20-11-21-47(48)55-46)51-53-49(40-16-8-3-9-17-40)52-50(54-51)43-19-10-18-41(32-43)35-14-6-2-7-15-35/h1-33H/i2D,6D,7D,14D,15D. The maximum Gasteiger partial charge on any atom is 0.164 e. The van der Waals surface area contributed by atoms with Gasteiger partial charge in [-0.05, 0) is 68.8 Å². The fourth-order valence-corrected chi connectivity index (χ4v) is 7.08. The molecule has 0 atom stereocenters. The minimum atomic E-state index is -0.438. The average Bonchev–Trinajstić information content (AvgIpc) is 3.69. The third-order valence-electron chi connectivity index (χ3n) is 9.86. The number of hydrogen-bond acceptors (Lipinski definition) is 4. The van der Waals surface area contributed by atoms with Gasteiger partial charge in [0.2, 0.25) is 0 Å². The number of aromatic nitrogens is 3. The van der Waals surface area contributed by atoms with Crippen molar-refractivity contribution >= 4 is 21.9 Å². The fourth-order valence-electron chi connectivity index (χ4n) is 7.08. The van der Waals surface area contributed by atoms with E-state index in [4.69, 9.17) is 26.2 Å². The lowest BCUT2D eigenvalue weighted by molar-refractivity contribution is 0.669. The number of hydrogen-bond donors (Lipinski definition) is 0. The van der Waals surface area contributed by atoms with Gasteiger partial charge in [0, 0.05) is 27.5 Å². The molecule has 0 aliphatic carbocycles. The van der Waals surface area contributed by atoms with Gasteiger partial charge in [0.25, 0.3) is 0 Å². The first kappa shape index (κ1) is 27.2. The molecule has 258 valence electrons. The number of nitrogens with zero attached hydrogens (tertiary/aromatic N) is 3. The van der Waals surface area contributed by atoms with Crippen molar-refractivity contribution < 1.29 is 11.3 Å². The van der Waals surface area contributed by atoms with Crippen LogP contribution in [0, 0.1) is 0 Å². The highest BCUT2D eigenvalue weighted by Gasteiger charge is 2.19. The Morgan fingerprint density at radius 3 is 1.51 bits per heavy atom. The molecule has 0 saturated carbocycles. The Hall–Kier alpha value is -7.43. The van der Waals surface area contributed by atoms with Crippen LogP contribution < -0.4 is 0 Å². The highest BCUT2D eigenvalue weighted by atomic mass is 16.3. The van der Waals surface area contributed by atoms with E-state index in [1.807, 2.05) is 66.7 Å². The molecule has 0 aliphatic heterocycles. The van der Waals surface area contributed by atoms with Gasteiger partial charge in [0.15, 0.2) is 17.5 Å². The minimum Gasteiger partial charge on any atom is -0.456 e. The smallest absolute Gasteiger partial charge is 0.164 e. The Labute approximate surface area is 326 Å². The van der Waals surface area contributed by atoms with Crippen molar-refractivity contribution in [1.29, 1.82) is 0 Å². The Morgan fingerprint density at radius 2 is 0.836 bits per heavy atom. The van der Waals surface area contributed by atoms with Crippen LogP contribution in [0.4, 0.5) is 0 Å². The molecule has 0 unspecified atom stereocenters. The fraction of sp³-hybridized carbons (Fsp3) is 0. The van der Waals surface area contributed by atoms with Crippen LogP contribution in [-0.4, -0.2) is 15.0 Å². The largest absolute Gasteiger partial charge is 0.456 e. The van der Waals surface area contributed by atoms with Crippen molar-refractivity contribution in [2.75, 3.05) is 0 Å². The van der Waals surface area contributed by atoms with Crippen LogP contribution in [-0.2, 0) is 0 Å². The van der Waals surface area contributed by atoms with Crippen LogP contribution in [0.3, 0.4) is 0 Å². The molecule has 0 fully saturated rings. The van der Waals surface area contributed by atoms with E-state index in [9.17, 15) is 0 Å². The molecule has 10 aromatic rings. The number of furan rings is 1. The van der Waals surface area contributed by atoms with Gasteiger partial charge in [-0.3, -0.25) is 0 Å². The first-order valence-corrected chi connectivity index (χ1v) is 18.0. The first-order chi connectivity index (χ1) is 29.3. The summed E-state index contributed by atoms with van der Waals surface area (Å²) in [6.07, 6.45) is 0. The molecular weight excluding hydrogens is 671 g/mol. The monoisotopic (exact) mass is 708 g/mol. The Balaban J connectivity index is 1.06. The molecular formula is C51H33N3O. The molecule has 10 rings (SSSR count). The predicted molar refractivity (Wildman–Crippen MR) is 225 cm³/mol. The molecule has 4 heteroatoms. The Bertz CT molecular complexity index is 3210. The van der Waals surface area contributed by atoms with E-state index in [1.165, 1.54) is 11.1 Å². The maximum absolute atomic E-state index is 8.59. The zero-order chi connectivity index (χ0) is 40.9. The molecule has 8 aromatic carbocycles. The molecule has 55 heavy (non-hydrogen) atoms. The number of benzene rings is 8. The third-order valence-corrected chi connectivity index (χ3v) is 9.86. The summed E-state index contributed by atoms with van der Waals surface area (Å²) in [7, 11) is 0. The summed E-state index contributed by atoms with van der Waals surface area (Å²) in [5.41, 5.74) is 10.9.